The second-order valence-electron chi connectivity index (χ2n) is 2.45. The molecule has 7 N–H and O–H groups in total. The van der Waals surface area contributed by atoms with Crippen LogP contribution in [0, 0.1) is 5.41 Å². The Labute approximate surface area is 71.0 Å². The highest BCUT2D eigenvalue weighted by Gasteiger charge is 2.08. The number of amides is 1. The van der Waals surface area contributed by atoms with Gasteiger partial charge in [0.2, 0.25) is 0 Å². The molecule has 0 aromatic heterocycles. The first-order chi connectivity index (χ1) is 5.54. The molecule has 0 aliphatic rings. The van der Waals surface area contributed by atoms with Gasteiger partial charge in [-0.3, -0.25) is 15.9 Å². The van der Waals surface area contributed by atoms with E-state index in [1.807, 2.05) is 0 Å². The van der Waals surface area contributed by atoms with Crippen LogP contribution in [-0.4, -0.2) is 24.5 Å². The van der Waals surface area contributed by atoms with E-state index in [9.17, 15) is 4.79 Å². The summed E-state index contributed by atoms with van der Waals surface area (Å²) in [4.78, 5) is 10.3. The fourth-order valence-electron chi connectivity index (χ4n) is 0.676. The second-order valence-corrected chi connectivity index (χ2v) is 2.45. The molecule has 0 fully saturated rings. The molecule has 0 saturated heterocycles. The van der Waals surface area contributed by atoms with Crippen LogP contribution in [-0.2, 0) is 4.79 Å². The summed E-state index contributed by atoms with van der Waals surface area (Å²) in [7, 11) is 0. The molecule has 0 unspecified atom stereocenters. The highest BCUT2D eigenvalue weighted by molar-refractivity contribution is 5.78. The Hall–Kier alpha value is -1.30. The van der Waals surface area contributed by atoms with E-state index in [0.717, 1.165) is 0 Å². The standard InChI is InChI=1S/C6H14N5O/c7-4(5(8)12)2-1-3-11-6(9)10/h4,8H,1-3,7H2,(H4,9,10,11)/t4-/m0/s1. The van der Waals surface area contributed by atoms with Crippen molar-refractivity contribution in [3.05, 3.63) is 0 Å². The van der Waals surface area contributed by atoms with Gasteiger partial charge >= 0.3 is 0 Å². The molecule has 12 heavy (non-hydrogen) atoms. The maximum absolute atomic E-state index is 10.3. The monoisotopic (exact) mass is 172 g/mol. The molecule has 1 amide bonds. The predicted molar refractivity (Wildman–Crippen MR) is 45.2 cm³/mol. The van der Waals surface area contributed by atoms with Crippen molar-refractivity contribution >= 4 is 11.9 Å². The van der Waals surface area contributed by atoms with Crippen molar-refractivity contribution in [2.24, 2.45) is 11.5 Å². The molecular weight excluding hydrogens is 158 g/mol. The van der Waals surface area contributed by atoms with Crippen molar-refractivity contribution in [1.82, 2.24) is 11.1 Å². The Morgan fingerprint density at radius 2 is 2.17 bits per heavy atom. The molecule has 0 bridgehead atoms. The highest BCUT2D eigenvalue weighted by Crippen LogP contribution is 1.92. The van der Waals surface area contributed by atoms with E-state index in [4.69, 9.17) is 22.6 Å². The van der Waals surface area contributed by atoms with Crippen LogP contribution in [0.15, 0.2) is 0 Å². The highest BCUT2D eigenvalue weighted by atomic mass is 16.1. The zero-order valence-corrected chi connectivity index (χ0v) is 6.76. The van der Waals surface area contributed by atoms with Gasteiger partial charge in [-0.2, -0.15) is 0 Å². The topological polar surface area (TPSA) is 129 Å². The number of carbonyl (C=O) groups is 1. The molecule has 69 valence electrons. The van der Waals surface area contributed by atoms with E-state index in [1.165, 1.54) is 0 Å². The second kappa shape index (κ2) is 5.36. The number of hydrogen-bond acceptors (Lipinski definition) is 3. The lowest BCUT2D eigenvalue weighted by Crippen LogP contribution is -2.34. The van der Waals surface area contributed by atoms with Crippen molar-refractivity contribution in [3.8, 4) is 0 Å². The van der Waals surface area contributed by atoms with Gasteiger partial charge in [-0.25, -0.2) is 0 Å². The maximum atomic E-state index is 10.3. The smallest absolute Gasteiger partial charge is 0.255 e. The number of hydrogen-bond donors (Lipinski definition) is 4. The van der Waals surface area contributed by atoms with Gasteiger partial charge in [-0.05, 0) is 12.8 Å². The molecule has 0 spiro atoms. The van der Waals surface area contributed by atoms with Gasteiger partial charge in [0.15, 0.2) is 5.96 Å². The van der Waals surface area contributed by atoms with Crippen LogP contribution in [0.25, 0.3) is 0 Å². The summed E-state index contributed by atoms with van der Waals surface area (Å²) < 4.78 is 0. The van der Waals surface area contributed by atoms with Crippen LogP contribution in [0.5, 0.6) is 0 Å². The SMILES string of the molecule is [NH]C(=O)[C@@H](N)CCCNC(=N)N. The normalized spacial score (nSPS) is 12.1. The van der Waals surface area contributed by atoms with Crippen molar-refractivity contribution in [3.63, 3.8) is 0 Å². The zero-order chi connectivity index (χ0) is 9.56. The Kier molecular flexibility index (Phi) is 4.78. The van der Waals surface area contributed by atoms with Crippen molar-refractivity contribution in [2.45, 2.75) is 18.9 Å². The lowest BCUT2D eigenvalue weighted by molar-refractivity contribution is -0.120. The first kappa shape index (κ1) is 10.7. The lowest BCUT2D eigenvalue weighted by Gasteiger charge is -2.06. The number of rotatable bonds is 5. The Balaban J connectivity index is 3.31. The van der Waals surface area contributed by atoms with Crippen molar-refractivity contribution in [2.75, 3.05) is 6.54 Å². The molecule has 0 saturated carbocycles. The number of nitrogens with one attached hydrogen (secondary N) is 3. The molecule has 1 radical (unpaired) electrons. The van der Waals surface area contributed by atoms with E-state index in [-0.39, 0.29) is 5.96 Å². The minimum absolute atomic E-state index is 0.0965. The van der Waals surface area contributed by atoms with Gasteiger partial charge in [0.25, 0.3) is 5.91 Å². The molecule has 0 aromatic rings. The first-order valence-corrected chi connectivity index (χ1v) is 3.63. The zero-order valence-electron chi connectivity index (χ0n) is 6.76. The van der Waals surface area contributed by atoms with Crippen LogP contribution in [0.2, 0.25) is 0 Å². The third-order valence-electron chi connectivity index (χ3n) is 1.34. The minimum Gasteiger partial charge on any atom is -0.370 e. The quantitative estimate of drug-likeness (QED) is 0.226. The van der Waals surface area contributed by atoms with Crippen molar-refractivity contribution < 1.29 is 4.79 Å². The predicted octanol–water partition coefficient (Wildman–Crippen LogP) is -1.61. The molecule has 0 rings (SSSR count). The summed E-state index contributed by atoms with van der Waals surface area (Å²) in [6.45, 7) is 0.510. The van der Waals surface area contributed by atoms with E-state index in [0.29, 0.717) is 19.4 Å². The van der Waals surface area contributed by atoms with Gasteiger partial charge in [-0.1, -0.05) is 0 Å². The van der Waals surface area contributed by atoms with E-state index >= 15 is 0 Å². The fraction of sp³-hybridized carbons (Fsp3) is 0.667. The molecular formula is C6H14N5O. The summed E-state index contributed by atoms with van der Waals surface area (Å²) in [5, 5.41) is 9.37. The average molecular weight is 172 g/mol. The minimum atomic E-state index is -0.752. The van der Waals surface area contributed by atoms with E-state index in [2.05, 4.69) is 5.32 Å². The van der Waals surface area contributed by atoms with Crippen LogP contribution < -0.4 is 22.5 Å². The molecule has 0 aromatic carbocycles. The molecule has 1 atom stereocenters. The van der Waals surface area contributed by atoms with Gasteiger partial charge < -0.3 is 16.8 Å². The first-order valence-electron chi connectivity index (χ1n) is 3.63. The molecule has 6 nitrogen and oxygen atoms in total. The molecule has 6 heteroatoms. The van der Waals surface area contributed by atoms with Gasteiger partial charge in [0, 0.05) is 6.54 Å². The summed E-state index contributed by atoms with van der Waals surface area (Å²) in [5.41, 5.74) is 16.9. The largest absolute Gasteiger partial charge is 0.370 e. The number of guanidine groups is 1. The fourth-order valence-corrected chi connectivity index (χ4v) is 0.676. The maximum Gasteiger partial charge on any atom is 0.255 e. The van der Waals surface area contributed by atoms with Crippen LogP contribution in [0.1, 0.15) is 12.8 Å². The third kappa shape index (κ3) is 5.48. The molecule has 0 heterocycles. The average Bonchev–Trinajstić information content (AvgIpc) is 1.97. The summed E-state index contributed by atoms with van der Waals surface area (Å²) in [5.74, 6) is -0.849. The van der Waals surface area contributed by atoms with Crippen LogP contribution in [0.3, 0.4) is 0 Å². The molecule has 0 aliphatic heterocycles. The van der Waals surface area contributed by atoms with Crippen LogP contribution >= 0.6 is 0 Å². The van der Waals surface area contributed by atoms with Gasteiger partial charge in [-0.15, -0.1) is 0 Å². The van der Waals surface area contributed by atoms with Crippen LogP contribution in [0.4, 0.5) is 0 Å². The Morgan fingerprint density at radius 1 is 1.58 bits per heavy atom. The Bertz CT molecular complexity index is 169. The van der Waals surface area contributed by atoms with Crippen molar-refractivity contribution in [1.29, 1.82) is 5.41 Å². The van der Waals surface area contributed by atoms with E-state index in [1.54, 1.807) is 0 Å². The Morgan fingerprint density at radius 3 is 2.58 bits per heavy atom. The summed E-state index contributed by atoms with van der Waals surface area (Å²) >= 11 is 0. The number of nitrogens with two attached hydrogens (primary N) is 2. The lowest BCUT2D eigenvalue weighted by atomic mass is 10.1. The van der Waals surface area contributed by atoms with Gasteiger partial charge in [0.1, 0.15) is 0 Å². The number of carbonyl (C=O) groups excluding carboxylic acids is 1. The third-order valence-corrected chi connectivity index (χ3v) is 1.34. The summed E-state index contributed by atoms with van der Waals surface area (Å²) in [6, 6.07) is -0.709. The molecule has 0 aliphatic carbocycles. The summed E-state index contributed by atoms with van der Waals surface area (Å²) in [6.07, 6.45) is 1.08. The van der Waals surface area contributed by atoms with E-state index < -0.39 is 11.9 Å². The van der Waals surface area contributed by atoms with Gasteiger partial charge in [0.05, 0.1) is 6.04 Å².